The maximum absolute atomic E-state index is 12.8. The van der Waals surface area contributed by atoms with Crippen molar-refractivity contribution in [1.29, 1.82) is 0 Å². The molecule has 0 aliphatic heterocycles. The van der Waals surface area contributed by atoms with Crippen molar-refractivity contribution in [2.75, 3.05) is 12.3 Å². The second-order valence-corrected chi connectivity index (χ2v) is 9.19. The number of fused-ring (bicyclic) bond motifs is 1. The summed E-state index contributed by atoms with van der Waals surface area (Å²) in [5.74, 6) is -0.728. The van der Waals surface area contributed by atoms with Crippen molar-refractivity contribution < 1.29 is 14.7 Å². The molecular formula is C21H27N3O4S2. The van der Waals surface area contributed by atoms with Crippen LogP contribution in [0.5, 0.6) is 0 Å². The second kappa shape index (κ2) is 11.3. The third kappa shape index (κ3) is 6.43. The number of rotatable bonds is 11. The van der Waals surface area contributed by atoms with Crippen molar-refractivity contribution in [2.45, 2.75) is 63.1 Å². The number of nitrogens with zero attached hydrogens (tertiary/aromatic N) is 2. The second-order valence-electron chi connectivity index (χ2n) is 7.33. The van der Waals surface area contributed by atoms with Crippen molar-refractivity contribution in [3.05, 3.63) is 33.4 Å². The smallest absolute Gasteiger partial charge is 0.303 e. The number of thioether (sulfide) groups is 1. The van der Waals surface area contributed by atoms with Gasteiger partial charge in [0, 0.05) is 19.5 Å². The number of aliphatic carboxylic acids is 1. The number of amides is 1. The summed E-state index contributed by atoms with van der Waals surface area (Å²) in [6.45, 7) is 1.02. The minimum atomic E-state index is -0.843. The van der Waals surface area contributed by atoms with Gasteiger partial charge in [0.15, 0.2) is 5.16 Å². The zero-order chi connectivity index (χ0) is 21.3. The third-order valence-electron chi connectivity index (χ3n) is 5.04. The summed E-state index contributed by atoms with van der Waals surface area (Å²) in [5, 5.41) is 14.1. The highest BCUT2D eigenvalue weighted by molar-refractivity contribution is 7.99. The van der Waals surface area contributed by atoms with Gasteiger partial charge in [0.1, 0.15) is 4.70 Å². The van der Waals surface area contributed by atoms with Gasteiger partial charge in [0.2, 0.25) is 5.91 Å². The predicted molar refractivity (Wildman–Crippen MR) is 120 cm³/mol. The highest BCUT2D eigenvalue weighted by atomic mass is 32.2. The molecule has 0 aromatic carbocycles. The van der Waals surface area contributed by atoms with E-state index in [1.807, 2.05) is 5.38 Å². The molecule has 0 atom stereocenters. The number of carboxylic acids is 1. The van der Waals surface area contributed by atoms with Gasteiger partial charge in [-0.3, -0.25) is 19.0 Å². The van der Waals surface area contributed by atoms with E-state index in [4.69, 9.17) is 5.11 Å². The monoisotopic (exact) mass is 449 g/mol. The predicted octanol–water partition coefficient (Wildman–Crippen LogP) is 3.81. The van der Waals surface area contributed by atoms with Crippen LogP contribution in [0.4, 0.5) is 0 Å². The van der Waals surface area contributed by atoms with Gasteiger partial charge < -0.3 is 10.4 Å². The molecule has 2 heterocycles. The number of allylic oxidation sites excluding steroid dienone is 1. The Bertz CT molecular complexity index is 980. The molecule has 0 saturated carbocycles. The third-order valence-corrected chi connectivity index (χ3v) is 6.91. The molecule has 2 N–H and O–H groups in total. The number of carbonyl (C=O) groups excluding carboxylic acids is 1. The topological polar surface area (TPSA) is 101 Å². The van der Waals surface area contributed by atoms with E-state index < -0.39 is 5.97 Å². The van der Waals surface area contributed by atoms with Gasteiger partial charge in [-0.2, -0.15) is 0 Å². The van der Waals surface area contributed by atoms with Crippen LogP contribution in [-0.4, -0.2) is 38.8 Å². The van der Waals surface area contributed by atoms with Crippen LogP contribution in [0, 0.1) is 0 Å². The van der Waals surface area contributed by atoms with Crippen molar-refractivity contribution >= 4 is 45.2 Å². The summed E-state index contributed by atoms with van der Waals surface area (Å²) in [6, 6.07) is 1.80. The summed E-state index contributed by atoms with van der Waals surface area (Å²) >= 11 is 2.60. The Morgan fingerprint density at radius 2 is 2.17 bits per heavy atom. The molecule has 1 aliphatic carbocycles. The van der Waals surface area contributed by atoms with Crippen LogP contribution >= 0.6 is 23.1 Å². The first-order valence-corrected chi connectivity index (χ1v) is 12.2. The van der Waals surface area contributed by atoms with E-state index in [9.17, 15) is 14.4 Å². The standard InChI is InChI=1S/C21H27N3O4S2/c25-17(22-11-9-15-6-2-1-3-7-15)14-30-21-23-16-10-13-29-19(16)20(28)24(21)12-5-4-8-18(26)27/h6,10,13H,1-5,7-9,11-12,14H2,(H,22,25)(H,26,27). The number of aromatic nitrogens is 2. The van der Waals surface area contributed by atoms with E-state index in [-0.39, 0.29) is 23.6 Å². The van der Waals surface area contributed by atoms with E-state index in [1.54, 1.807) is 10.6 Å². The van der Waals surface area contributed by atoms with Crippen LogP contribution in [0.2, 0.25) is 0 Å². The average molecular weight is 450 g/mol. The summed E-state index contributed by atoms with van der Waals surface area (Å²) in [5.41, 5.74) is 1.94. The van der Waals surface area contributed by atoms with E-state index in [1.165, 1.54) is 41.5 Å². The van der Waals surface area contributed by atoms with Crippen molar-refractivity contribution in [3.63, 3.8) is 0 Å². The van der Waals surface area contributed by atoms with E-state index in [0.717, 1.165) is 19.3 Å². The molecule has 1 amide bonds. The molecule has 0 spiro atoms. The van der Waals surface area contributed by atoms with Crippen LogP contribution in [0.15, 0.2) is 33.0 Å². The SMILES string of the molecule is O=C(O)CCCCn1c(SCC(=O)NCCC2=CCCCC2)nc2ccsc2c1=O. The van der Waals surface area contributed by atoms with Crippen LogP contribution in [-0.2, 0) is 16.1 Å². The van der Waals surface area contributed by atoms with Crippen molar-refractivity contribution in [3.8, 4) is 0 Å². The Labute approximate surface area is 183 Å². The molecular weight excluding hydrogens is 422 g/mol. The lowest BCUT2D eigenvalue weighted by Crippen LogP contribution is -2.28. The maximum atomic E-state index is 12.8. The van der Waals surface area contributed by atoms with E-state index in [2.05, 4.69) is 16.4 Å². The van der Waals surface area contributed by atoms with Gasteiger partial charge in [-0.1, -0.05) is 23.4 Å². The summed E-state index contributed by atoms with van der Waals surface area (Å²) in [6.07, 6.45) is 9.07. The fourth-order valence-corrected chi connectivity index (χ4v) is 5.09. The number of unbranched alkanes of at least 4 members (excludes halogenated alkanes) is 1. The van der Waals surface area contributed by atoms with Gasteiger partial charge in [0.25, 0.3) is 5.56 Å². The Morgan fingerprint density at radius 1 is 1.30 bits per heavy atom. The molecule has 2 aromatic rings. The molecule has 0 bridgehead atoms. The Balaban J connectivity index is 1.58. The zero-order valence-corrected chi connectivity index (χ0v) is 18.5. The highest BCUT2D eigenvalue weighted by Crippen LogP contribution is 2.22. The molecule has 0 unspecified atom stereocenters. The number of carbonyl (C=O) groups is 2. The van der Waals surface area contributed by atoms with Crippen LogP contribution in [0.3, 0.4) is 0 Å². The quantitative estimate of drug-likeness (QED) is 0.234. The fraction of sp³-hybridized carbons (Fsp3) is 0.524. The Kier molecular flexibility index (Phi) is 8.50. The van der Waals surface area contributed by atoms with Gasteiger partial charge >= 0.3 is 5.97 Å². The van der Waals surface area contributed by atoms with Gasteiger partial charge in [0.05, 0.1) is 11.3 Å². The lowest BCUT2D eigenvalue weighted by molar-refractivity contribution is -0.137. The van der Waals surface area contributed by atoms with Gasteiger partial charge in [-0.05, 0) is 56.4 Å². The molecule has 1 aliphatic rings. The van der Waals surface area contributed by atoms with Crippen molar-refractivity contribution in [2.24, 2.45) is 0 Å². The first kappa shape index (κ1) is 22.6. The molecule has 30 heavy (non-hydrogen) atoms. The molecule has 0 saturated heterocycles. The minimum Gasteiger partial charge on any atom is -0.481 e. The van der Waals surface area contributed by atoms with Gasteiger partial charge in [-0.15, -0.1) is 11.3 Å². The minimum absolute atomic E-state index is 0.0741. The number of hydrogen-bond acceptors (Lipinski definition) is 6. The lowest BCUT2D eigenvalue weighted by Gasteiger charge is -2.13. The molecule has 9 heteroatoms. The average Bonchev–Trinajstić information content (AvgIpc) is 3.20. The largest absolute Gasteiger partial charge is 0.481 e. The molecule has 0 radical (unpaired) electrons. The molecule has 7 nitrogen and oxygen atoms in total. The van der Waals surface area contributed by atoms with Crippen LogP contribution < -0.4 is 10.9 Å². The summed E-state index contributed by atoms with van der Waals surface area (Å²) in [4.78, 5) is 40.4. The normalized spacial score (nSPS) is 13.9. The van der Waals surface area contributed by atoms with E-state index in [0.29, 0.717) is 41.3 Å². The lowest BCUT2D eigenvalue weighted by atomic mass is 9.97. The molecule has 3 rings (SSSR count). The number of thiophene rings is 1. The zero-order valence-electron chi connectivity index (χ0n) is 16.9. The van der Waals surface area contributed by atoms with E-state index >= 15 is 0 Å². The first-order chi connectivity index (χ1) is 14.5. The maximum Gasteiger partial charge on any atom is 0.303 e. The number of hydrogen-bond donors (Lipinski definition) is 2. The first-order valence-electron chi connectivity index (χ1n) is 10.3. The summed E-state index contributed by atoms with van der Waals surface area (Å²) in [7, 11) is 0. The fourth-order valence-electron chi connectivity index (χ4n) is 3.45. The number of nitrogens with one attached hydrogen (secondary N) is 1. The molecule has 2 aromatic heterocycles. The van der Waals surface area contributed by atoms with Gasteiger partial charge in [-0.25, -0.2) is 4.98 Å². The van der Waals surface area contributed by atoms with Crippen LogP contribution in [0.1, 0.15) is 51.4 Å². The molecule has 0 fully saturated rings. The highest BCUT2D eigenvalue weighted by Gasteiger charge is 2.14. The number of carboxylic acid groups (broad SMARTS) is 1. The summed E-state index contributed by atoms with van der Waals surface area (Å²) < 4.78 is 2.16. The van der Waals surface area contributed by atoms with Crippen molar-refractivity contribution in [1.82, 2.24) is 14.9 Å². The molecule has 162 valence electrons. The van der Waals surface area contributed by atoms with Crippen LogP contribution in [0.25, 0.3) is 10.2 Å². The Morgan fingerprint density at radius 3 is 2.93 bits per heavy atom. The Hall–Kier alpha value is -2.13.